The number of hydrogen-bond acceptors (Lipinski definition) is 8. The lowest BCUT2D eigenvalue weighted by molar-refractivity contribution is -0.236. The van der Waals surface area contributed by atoms with Crippen molar-refractivity contribution in [2.24, 2.45) is 5.73 Å². The van der Waals surface area contributed by atoms with Crippen molar-refractivity contribution < 1.29 is 35.1 Å². The molecule has 9 nitrogen and oxygen atoms in total. The highest BCUT2D eigenvalue weighted by Gasteiger charge is 2.44. The summed E-state index contributed by atoms with van der Waals surface area (Å²) in [6, 6.07) is -1.20. The Kier molecular flexibility index (Phi) is 5.41. The highest BCUT2D eigenvalue weighted by atomic mass is 16.6. The van der Waals surface area contributed by atoms with Crippen molar-refractivity contribution in [3.63, 3.8) is 0 Å². The van der Waals surface area contributed by atoms with Gasteiger partial charge in [-0.05, 0) is 0 Å². The number of nitrogens with two attached hydrogens (primary N) is 1. The third kappa shape index (κ3) is 3.14. The maximum atomic E-state index is 11.4. The fourth-order valence-electron chi connectivity index (χ4n) is 1.55. The van der Waals surface area contributed by atoms with Crippen LogP contribution < -0.4 is 11.1 Å². The number of carbonyl (C=O) groups is 1. The largest absolute Gasteiger partial charge is 0.394 e. The maximum absolute atomic E-state index is 11.4. The van der Waals surface area contributed by atoms with Gasteiger partial charge in [0.2, 0.25) is 5.91 Å². The minimum absolute atomic E-state index is 0.594. The fourth-order valence-corrected chi connectivity index (χ4v) is 1.55. The zero-order chi connectivity index (χ0) is 13.9. The average molecular weight is 266 g/mol. The Morgan fingerprint density at radius 2 is 1.83 bits per heavy atom. The second-order valence-corrected chi connectivity index (χ2v) is 4.05. The maximum Gasteiger partial charge on any atom is 0.241 e. The summed E-state index contributed by atoms with van der Waals surface area (Å²) in [6.07, 6.45) is -7.08. The van der Waals surface area contributed by atoms with Crippen LogP contribution in [0.2, 0.25) is 0 Å². The number of aliphatic hydroxyl groups is 5. The summed E-state index contributed by atoms with van der Waals surface area (Å²) in [6.45, 7) is -1.19. The third-order valence-electron chi connectivity index (χ3n) is 2.71. The molecule has 0 spiro atoms. The first-order valence-corrected chi connectivity index (χ1v) is 5.39. The van der Waals surface area contributed by atoms with E-state index in [2.05, 4.69) is 5.32 Å². The number of amides is 1. The molecule has 0 unspecified atom stereocenters. The van der Waals surface area contributed by atoms with Crippen molar-refractivity contribution in [3.05, 3.63) is 0 Å². The Morgan fingerprint density at radius 3 is 2.33 bits per heavy atom. The smallest absolute Gasteiger partial charge is 0.241 e. The lowest BCUT2D eigenvalue weighted by atomic mass is 9.98. The second-order valence-electron chi connectivity index (χ2n) is 4.05. The van der Waals surface area contributed by atoms with E-state index in [9.17, 15) is 20.1 Å². The molecule has 1 aliphatic rings. The van der Waals surface area contributed by atoms with E-state index in [1.165, 1.54) is 0 Å². The Morgan fingerprint density at radius 1 is 1.22 bits per heavy atom. The molecule has 0 bridgehead atoms. The molecule has 18 heavy (non-hydrogen) atoms. The number of nitrogens with one attached hydrogen (secondary N) is 1. The standard InChI is InChI=1S/C9H18N2O7/c10-3(1-12)8(17)11-9-7(16)6(15)5(14)4(2-13)18-9/h3-7,9,12-16H,1-2,10H2,(H,11,17)/t3-,4+,5+,6-,7+,9-/m0/s1. The number of hydrogen-bond donors (Lipinski definition) is 7. The van der Waals surface area contributed by atoms with E-state index in [0.29, 0.717) is 0 Å². The minimum Gasteiger partial charge on any atom is -0.394 e. The summed E-state index contributed by atoms with van der Waals surface area (Å²) in [5.74, 6) is -0.790. The van der Waals surface area contributed by atoms with Crippen LogP contribution in [0.25, 0.3) is 0 Å². The molecule has 1 saturated heterocycles. The number of rotatable bonds is 4. The number of carbonyl (C=O) groups excluding carboxylic acids is 1. The average Bonchev–Trinajstić information content (AvgIpc) is 2.38. The summed E-state index contributed by atoms with van der Waals surface area (Å²) in [5, 5.41) is 48.3. The Balaban J connectivity index is 2.67. The van der Waals surface area contributed by atoms with Crippen molar-refractivity contribution in [1.82, 2.24) is 5.32 Å². The van der Waals surface area contributed by atoms with Gasteiger partial charge in [-0.1, -0.05) is 0 Å². The molecule has 9 heteroatoms. The van der Waals surface area contributed by atoms with E-state index in [4.69, 9.17) is 20.7 Å². The van der Waals surface area contributed by atoms with Crippen LogP contribution in [0.3, 0.4) is 0 Å². The van der Waals surface area contributed by atoms with Crippen LogP contribution in [-0.4, -0.2) is 81.3 Å². The molecule has 1 heterocycles. The lowest BCUT2D eigenvalue weighted by Gasteiger charge is -2.40. The molecule has 0 aromatic heterocycles. The number of aliphatic hydroxyl groups excluding tert-OH is 5. The number of ether oxygens (including phenoxy) is 1. The van der Waals surface area contributed by atoms with Gasteiger partial charge in [0, 0.05) is 0 Å². The molecule has 0 aliphatic carbocycles. The molecule has 0 aromatic carbocycles. The van der Waals surface area contributed by atoms with Crippen molar-refractivity contribution in [3.8, 4) is 0 Å². The lowest BCUT2D eigenvalue weighted by Crippen LogP contribution is -2.64. The highest BCUT2D eigenvalue weighted by Crippen LogP contribution is 2.19. The van der Waals surface area contributed by atoms with E-state index in [1.807, 2.05) is 0 Å². The quantitative estimate of drug-likeness (QED) is 0.266. The summed E-state index contributed by atoms with van der Waals surface area (Å²) in [4.78, 5) is 11.4. The summed E-state index contributed by atoms with van der Waals surface area (Å²) < 4.78 is 5.02. The zero-order valence-corrected chi connectivity index (χ0v) is 9.51. The van der Waals surface area contributed by atoms with E-state index in [0.717, 1.165) is 0 Å². The summed E-state index contributed by atoms with van der Waals surface area (Å²) >= 11 is 0. The van der Waals surface area contributed by atoms with Crippen LogP contribution in [0.1, 0.15) is 0 Å². The van der Waals surface area contributed by atoms with Crippen molar-refractivity contribution in [2.75, 3.05) is 13.2 Å². The van der Waals surface area contributed by atoms with Crippen molar-refractivity contribution in [1.29, 1.82) is 0 Å². The van der Waals surface area contributed by atoms with Gasteiger partial charge in [-0.3, -0.25) is 4.79 Å². The Bertz CT molecular complexity index is 288. The third-order valence-corrected chi connectivity index (χ3v) is 2.71. The van der Waals surface area contributed by atoms with Crippen molar-refractivity contribution >= 4 is 5.91 Å². The van der Waals surface area contributed by atoms with Gasteiger partial charge in [-0.25, -0.2) is 0 Å². The van der Waals surface area contributed by atoms with E-state index in [1.54, 1.807) is 0 Å². The molecule has 1 rings (SSSR count). The monoisotopic (exact) mass is 266 g/mol. The van der Waals surface area contributed by atoms with Gasteiger partial charge in [0.15, 0.2) is 6.23 Å². The molecule has 1 fully saturated rings. The molecular formula is C9H18N2O7. The SMILES string of the molecule is N[C@@H](CO)C(=O)N[C@H]1O[C@H](CO)[C@@H](O)[C@H](O)[C@H]1O. The Labute approximate surface area is 103 Å². The van der Waals surface area contributed by atoms with Gasteiger partial charge >= 0.3 is 0 Å². The second kappa shape index (κ2) is 6.38. The normalized spacial score (nSPS) is 38.2. The van der Waals surface area contributed by atoms with Crippen LogP contribution >= 0.6 is 0 Å². The fraction of sp³-hybridized carbons (Fsp3) is 0.889. The van der Waals surface area contributed by atoms with Gasteiger partial charge in [0.1, 0.15) is 30.5 Å². The molecular weight excluding hydrogens is 248 g/mol. The highest BCUT2D eigenvalue weighted by molar-refractivity contribution is 5.81. The van der Waals surface area contributed by atoms with Crippen LogP contribution in [0.5, 0.6) is 0 Å². The molecule has 0 radical (unpaired) electrons. The predicted octanol–water partition coefficient (Wildman–Crippen LogP) is -4.78. The predicted molar refractivity (Wildman–Crippen MR) is 57.0 cm³/mol. The first-order chi connectivity index (χ1) is 8.42. The summed E-state index contributed by atoms with van der Waals surface area (Å²) in [7, 11) is 0. The van der Waals surface area contributed by atoms with Crippen molar-refractivity contribution in [2.45, 2.75) is 36.7 Å². The van der Waals surface area contributed by atoms with Gasteiger partial charge in [0.25, 0.3) is 0 Å². The first kappa shape index (κ1) is 15.2. The molecule has 6 atom stereocenters. The van der Waals surface area contributed by atoms with E-state index in [-0.39, 0.29) is 0 Å². The molecule has 0 aromatic rings. The van der Waals surface area contributed by atoms with Crippen LogP contribution in [-0.2, 0) is 9.53 Å². The zero-order valence-electron chi connectivity index (χ0n) is 9.51. The molecule has 1 amide bonds. The summed E-state index contributed by atoms with van der Waals surface area (Å²) in [5.41, 5.74) is 5.25. The van der Waals surface area contributed by atoms with Crippen LogP contribution in [0.15, 0.2) is 0 Å². The van der Waals surface area contributed by atoms with E-state index < -0.39 is 55.8 Å². The Hall–Kier alpha value is -0.810. The topological polar surface area (TPSA) is 166 Å². The van der Waals surface area contributed by atoms with Crippen LogP contribution in [0.4, 0.5) is 0 Å². The minimum atomic E-state index is -1.58. The van der Waals surface area contributed by atoms with Gasteiger partial charge < -0.3 is 41.3 Å². The molecule has 106 valence electrons. The molecule has 8 N–H and O–H groups in total. The molecule has 0 saturated carbocycles. The van der Waals surface area contributed by atoms with Gasteiger partial charge in [-0.2, -0.15) is 0 Å². The first-order valence-electron chi connectivity index (χ1n) is 5.39. The molecule has 1 aliphatic heterocycles. The van der Waals surface area contributed by atoms with E-state index >= 15 is 0 Å². The van der Waals surface area contributed by atoms with Gasteiger partial charge in [0.05, 0.1) is 13.2 Å². The van der Waals surface area contributed by atoms with Crippen LogP contribution in [0, 0.1) is 0 Å². The van der Waals surface area contributed by atoms with Gasteiger partial charge in [-0.15, -0.1) is 0 Å².